The fourth-order valence-corrected chi connectivity index (χ4v) is 8.58. The zero-order valence-corrected chi connectivity index (χ0v) is 41.8. The lowest BCUT2D eigenvalue weighted by atomic mass is 9.99. The van der Waals surface area contributed by atoms with Crippen molar-refractivity contribution < 1.29 is 44.2 Å². The summed E-state index contributed by atoms with van der Waals surface area (Å²) in [5, 5.41) is 40.3. The second kappa shape index (κ2) is 46.8. The molecule has 1 fully saturated rings. The lowest BCUT2D eigenvalue weighted by molar-refractivity contribution is -0.305. The standard InChI is InChI=1S/C55H104O9/c1-3-5-7-9-11-13-15-17-19-21-23-24-25-26-27-29-31-33-35-37-39-41-43-45-61-47-49(48-62-55-54(60)53(59)52(58)50(46-56)64-55)63-51(57)44-42-40-38-36-34-32-30-28-22-20-18-16-14-12-10-8-6-4-2/h14,16,20,22,49-50,52-56,58-60H,3-13,15,17-19,21,23-48H2,1-2H3/b16-14-,22-20-. The first kappa shape index (κ1) is 60.7. The number of hydrogen-bond donors (Lipinski definition) is 4. The van der Waals surface area contributed by atoms with Gasteiger partial charge in [0, 0.05) is 13.0 Å². The molecule has 0 spiro atoms. The summed E-state index contributed by atoms with van der Waals surface area (Å²) >= 11 is 0. The third kappa shape index (κ3) is 36.7. The molecule has 0 saturated carbocycles. The number of esters is 1. The average molecular weight is 909 g/mol. The molecule has 6 unspecified atom stereocenters. The molecule has 64 heavy (non-hydrogen) atoms. The van der Waals surface area contributed by atoms with Crippen molar-refractivity contribution in [2.45, 2.75) is 295 Å². The van der Waals surface area contributed by atoms with Crippen LogP contribution in [0.2, 0.25) is 0 Å². The van der Waals surface area contributed by atoms with Crippen molar-refractivity contribution in [3.05, 3.63) is 24.3 Å². The Morgan fingerprint density at radius 3 is 1.36 bits per heavy atom. The van der Waals surface area contributed by atoms with E-state index >= 15 is 0 Å². The maximum atomic E-state index is 12.8. The molecule has 1 heterocycles. The predicted molar refractivity (Wildman–Crippen MR) is 265 cm³/mol. The van der Waals surface area contributed by atoms with E-state index in [9.17, 15) is 25.2 Å². The van der Waals surface area contributed by atoms with Crippen LogP contribution >= 0.6 is 0 Å². The number of hydrogen-bond acceptors (Lipinski definition) is 9. The number of carbonyl (C=O) groups is 1. The molecule has 0 aromatic rings. The van der Waals surface area contributed by atoms with Gasteiger partial charge >= 0.3 is 5.97 Å². The van der Waals surface area contributed by atoms with E-state index in [1.54, 1.807) is 0 Å². The van der Waals surface area contributed by atoms with Gasteiger partial charge in [0.05, 0.1) is 19.8 Å². The van der Waals surface area contributed by atoms with Gasteiger partial charge in [0.1, 0.15) is 30.5 Å². The number of aliphatic hydroxyl groups excluding tert-OH is 4. The van der Waals surface area contributed by atoms with Crippen LogP contribution in [-0.4, -0.2) is 89.6 Å². The highest BCUT2D eigenvalue weighted by atomic mass is 16.7. The van der Waals surface area contributed by atoms with Crippen molar-refractivity contribution in [2.75, 3.05) is 26.4 Å². The summed E-state index contributed by atoms with van der Waals surface area (Å²) in [6.45, 7) is 4.59. The van der Waals surface area contributed by atoms with Crippen LogP contribution in [0.5, 0.6) is 0 Å². The van der Waals surface area contributed by atoms with Crippen molar-refractivity contribution in [3.63, 3.8) is 0 Å². The van der Waals surface area contributed by atoms with Crippen LogP contribution in [0.15, 0.2) is 24.3 Å². The van der Waals surface area contributed by atoms with Crippen LogP contribution in [0, 0.1) is 0 Å². The molecule has 1 rings (SSSR count). The first-order valence-corrected chi connectivity index (χ1v) is 27.4. The Kier molecular flexibility index (Phi) is 44.3. The zero-order valence-electron chi connectivity index (χ0n) is 41.8. The van der Waals surface area contributed by atoms with Gasteiger partial charge in [-0.3, -0.25) is 4.79 Å². The first-order chi connectivity index (χ1) is 31.4. The Labute approximate surface area is 394 Å². The Morgan fingerprint density at radius 2 is 0.906 bits per heavy atom. The SMILES string of the molecule is CCCCCC/C=C\C/C=C\CCCCCCCCCC(=O)OC(COCCCCCCCCCCCCCCCCCCCCCCCCC)COC1OC(CO)C(O)C(O)C1O. The highest BCUT2D eigenvalue weighted by Gasteiger charge is 2.44. The zero-order chi connectivity index (χ0) is 46.4. The molecule has 1 aliphatic heterocycles. The van der Waals surface area contributed by atoms with E-state index in [0.717, 1.165) is 44.9 Å². The van der Waals surface area contributed by atoms with Crippen molar-refractivity contribution in [1.29, 1.82) is 0 Å². The van der Waals surface area contributed by atoms with Gasteiger partial charge in [0.15, 0.2) is 6.29 Å². The van der Waals surface area contributed by atoms with E-state index in [2.05, 4.69) is 38.2 Å². The highest BCUT2D eigenvalue weighted by Crippen LogP contribution is 2.23. The quantitative estimate of drug-likeness (QED) is 0.0267. The van der Waals surface area contributed by atoms with E-state index < -0.39 is 43.4 Å². The number of unbranched alkanes of at least 4 members (excludes halogenated alkanes) is 33. The van der Waals surface area contributed by atoms with Gasteiger partial charge in [-0.1, -0.05) is 231 Å². The van der Waals surface area contributed by atoms with Crippen LogP contribution in [-0.2, 0) is 23.7 Å². The van der Waals surface area contributed by atoms with E-state index in [0.29, 0.717) is 13.0 Å². The maximum absolute atomic E-state index is 12.8. The number of allylic oxidation sites excluding steroid dienone is 4. The largest absolute Gasteiger partial charge is 0.457 e. The van der Waals surface area contributed by atoms with Crippen LogP contribution < -0.4 is 0 Å². The van der Waals surface area contributed by atoms with Crippen molar-refractivity contribution in [3.8, 4) is 0 Å². The summed E-state index contributed by atoms with van der Waals surface area (Å²) in [6, 6.07) is 0. The third-order valence-electron chi connectivity index (χ3n) is 12.9. The molecule has 1 saturated heterocycles. The fourth-order valence-electron chi connectivity index (χ4n) is 8.58. The Hall–Kier alpha value is -1.33. The van der Waals surface area contributed by atoms with E-state index in [-0.39, 0.29) is 19.2 Å². The number of carbonyl (C=O) groups excluding carboxylic acids is 1. The Morgan fingerprint density at radius 1 is 0.500 bits per heavy atom. The predicted octanol–water partition coefficient (Wildman–Crippen LogP) is 13.7. The van der Waals surface area contributed by atoms with E-state index in [4.69, 9.17) is 18.9 Å². The Bertz CT molecular complexity index is 1040. The fraction of sp³-hybridized carbons (Fsp3) is 0.909. The average Bonchev–Trinajstić information content (AvgIpc) is 3.30. The second-order valence-corrected chi connectivity index (χ2v) is 19.0. The molecular weight excluding hydrogens is 805 g/mol. The second-order valence-electron chi connectivity index (χ2n) is 19.0. The maximum Gasteiger partial charge on any atom is 0.306 e. The molecule has 0 amide bonds. The van der Waals surface area contributed by atoms with Crippen molar-refractivity contribution in [2.24, 2.45) is 0 Å². The number of aliphatic hydroxyl groups is 4. The van der Waals surface area contributed by atoms with Gasteiger partial charge in [0.25, 0.3) is 0 Å². The molecule has 0 bridgehead atoms. The Balaban J connectivity index is 2.16. The van der Waals surface area contributed by atoms with Crippen molar-refractivity contribution in [1.82, 2.24) is 0 Å². The third-order valence-corrected chi connectivity index (χ3v) is 12.9. The first-order valence-electron chi connectivity index (χ1n) is 27.4. The summed E-state index contributed by atoms with van der Waals surface area (Å²) in [5.74, 6) is -0.316. The number of ether oxygens (including phenoxy) is 4. The smallest absolute Gasteiger partial charge is 0.306 e. The molecular formula is C55H104O9. The van der Waals surface area contributed by atoms with Gasteiger partial charge in [-0.25, -0.2) is 0 Å². The van der Waals surface area contributed by atoms with Gasteiger partial charge in [-0.05, 0) is 44.9 Å². The normalized spacial score (nSPS) is 19.6. The lowest BCUT2D eigenvalue weighted by Gasteiger charge is -2.39. The van der Waals surface area contributed by atoms with Crippen molar-refractivity contribution >= 4 is 5.97 Å². The molecule has 0 aromatic carbocycles. The summed E-state index contributed by atoms with van der Waals surface area (Å²) in [4.78, 5) is 12.8. The number of rotatable bonds is 48. The van der Waals surface area contributed by atoms with Crippen LogP contribution in [0.4, 0.5) is 0 Å². The summed E-state index contributed by atoms with van der Waals surface area (Å²) in [6.07, 6.45) is 49.3. The molecule has 1 aliphatic rings. The van der Waals surface area contributed by atoms with Gasteiger partial charge < -0.3 is 39.4 Å². The minimum absolute atomic E-state index is 0.112. The van der Waals surface area contributed by atoms with Gasteiger partial charge in [-0.2, -0.15) is 0 Å². The summed E-state index contributed by atoms with van der Waals surface area (Å²) in [7, 11) is 0. The lowest BCUT2D eigenvalue weighted by Crippen LogP contribution is -2.59. The highest BCUT2D eigenvalue weighted by molar-refractivity contribution is 5.69. The minimum atomic E-state index is -1.54. The molecule has 378 valence electrons. The van der Waals surface area contributed by atoms with Crippen LogP contribution in [0.3, 0.4) is 0 Å². The van der Waals surface area contributed by atoms with Gasteiger partial charge in [0.2, 0.25) is 0 Å². The van der Waals surface area contributed by atoms with Gasteiger partial charge in [-0.15, -0.1) is 0 Å². The van der Waals surface area contributed by atoms with E-state index in [1.165, 1.54) is 193 Å². The molecule has 0 radical (unpaired) electrons. The van der Waals surface area contributed by atoms with Crippen LogP contribution in [0.25, 0.3) is 0 Å². The summed E-state index contributed by atoms with van der Waals surface area (Å²) in [5.41, 5.74) is 0. The topological polar surface area (TPSA) is 135 Å². The summed E-state index contributed by atoms with van der Waals surface area (Å²) < 4.78 is 22.9. The minimum Gasteiger partial charge on any atom is -0.457 e. The van der Waals surface area contributed by atoms with E-state index in [1.807, 2.05) is 0 Å². The molecule has 4 N–H and O–H groups in total. The van der Waals surface area contributed by atoms with Crippen LogP contribution in [0.1, 0.15) is 258 Å². The molecule has 9 nitrogen and oxygen atoms in total. The molecule has 0 aliphatic carbocycles. The molecule has 0 aromatic heterocycles. The molecule has 9 heteroatoms. The molecule has 6 atom stereocenters. The monoisotopic (exact) mass is 909 g/mol.